The fraction of sp³-hybridized carbons (Fsp3) is 0.0909. The third-order valence-corrected chi connectivity index (χ3v) is 4.96. The Morgan fingerprint density at radius 1 is 0.793 bits per heavy atom. The van der Waals surface area contributed by atoms with Crippen LogP contribution in [-0.2, 0) is 10.0 Å². The Hall–Kier alpha value is -3.45. The van der Waals surface area contributed by atoms with E-state index >= 15 is 0 Å². The van der Waals surface area contributed by atoms with E-state index in [0.717, 1.165) is 11.0 Å². The third-order valence-electron chi connectivity index (χ3n) is 3.95. The number of nitrogens with one attached hydrogen (secondary N) is 1. The number of rotatable bonds is 8. The molecule has 0 aromatic heterocycles. The van der Waals surface area contributed by atoms with Crippen LogP contribution in [0.2, 0.25) is 0 Å². The molecule has 3 rings (SSSR count). The molecule has 7 heteroatoms. The van der Waals surface area contributed by atoms with Gasteiger partial charge in [0.1, 0.15) is 11.5 Å². The maximum absolute atomic E-state index is 12.4. The van der Waals surface area contributed by atoms with Crippen molar-refractivity contribution in [2.75, 3.05) is 18.9 Å². The number of hydrogen-bond acceptors (Lipinski definition) is 5. The second-order valence-electron chi connectivity index (χ2n) is 6.00. The van der Waals surface area contributed by atoms with Gasteiger partial charge in [-0.3, -0.25) is 4.72 Å². The number of ether oxygens (including phenoxy) is 3. The van der Waals surface area contributed by atoms with E-state index < -0.39 is 10.0 Å². The zero-order chi connectivity index (χ0) is 20.7. The van der Waals surface area contributed by atoms with Crippen LogP contribution in [-0.4, -0.2) is 22.6 Å². The lowest BCUT2D eigenvalue weighted by molar-refractivity contribution is 0.378. The molecule has 0 aliphatic carbocycles. The molecular formula is C22H21NO5S. The molecule has 6 nitrogen and oxygen atoms in total. The normalized spacial score (nSPS) is 11.2. The zero-order valence-electron chi connectivity index (χ0n) is 16.0. The molecule has 0 bridgehead atoms. The van der Waals surface area contributed by atoms with Gasteiger partial charge in [-0.1, -0.05) is 30.3 Å². The molecule has 0 spiro atoms. The van der Waals surface area contributed by atoms with E-state index in [0.29, 0.717) is 28.7 Å². The first-order chi connectivity index (χ1) is 14.0. The minimum Gasteiger partial charge on any atom is -0.497 e. The average Bonchev–Trinajstić information content (AvgIpc) is 2.74. The van der Waals surface area contributed by atoms with Gasteiger partial charge in [0.25, 0.3) is 10.0 Å². The van der Waals surface area contributed by atoms with Crippen molar-refractivity contribution in [1.82, 2.24) is 0 Å². The first kappa shape index (κ1) is 20.3. The van der Waals surface area contributed by atoms with Crippen LogP contribution >= 0.6 is 0 Å². The van der Waals surface area contributed by atoms with Crippen LogP contribution in [0.25, 0.3) is 6.08 Å². The number of hydrogen-bond donors (Lipinski definition) is 1. The molecule has 0 heterocycles. The molecule has 0 atom stereocenters. The van der Waals surface area contributed by atoms with Crippen molar-refractivity contribution in [3.05, 3.63) is 83.8 Å². The van der Waals surface area contributed by atoms with E-state index in [2.05, 4.69) is 4.72 Å². The molecular weight excluding hydrogens is 390 g/mol. The Morgan fingerprint density at radius 2 is 1.48 bits per heavy atom. The smallest absolute Gasteiger partial charge is 0.255 e. The molecule has 3 aromatic carbocycles. The fourth-order valence-electron chi connectivity index (χ4n) is 2.52. The molecule has 0 saturated carbocycles. The van der Waals surface area contributed by atoms with Gasteiger partial charge in [-0.25, -0.2) is 8.42 Å². The van der Waals surface area contributed by atoms with E-state index in [1.807, 2.05) is 30.3 Å². The Morgan fingerprint density at radius 3 is 2.14 bits per heavy atom. The number of benzene rings is 3. The van der Waals surface area contributed by atoms with Crippen LogP contribution in [0.15, 0.2) is 78.2 Å². The van der Waals surface area contributed by atoms with Gasteiger partial charge in [0, 0.05) is 6.07 Å². The van der Waals surface area contributed by atoms with E-state index in [1.165, 1.54) is 13.2 Å². The summed E-state index contributed by atoms with van der Waals surface area (Å²) in [6, 6.07) is 21.0. The predicted molar refractivity (Wildman–Crippen MR) is 114 cm³/mol. The van der Waals surface area contributed by atoms with Crippen molar-refractivity contribution in [3.63, 3.8) is 0 Å². The lowest BCUT2D eigenvalue weighted by atomic mass is 10.2. The van der Waals surface area contributed by atoms with Gasteiger partial charge in [0.2, 0.25) is 0 Å². The van der Waals surface area contributed by atoms with Crippen molar-refractivity contribution >= 4 is 21.8 Å². The lowest BCUT2D eigenvalue weighted by Crippen LogP contribution is -2.09. The lowest BCUT2D eigenvalue weighted by Gasteiger charge is -2.13. The Bertz CT molecular complexity index is 1080. The summed E-state index contributed by atoms with van der Waals surface area (Å²) in [5.74, 6) is 2.12. The summed E-state index contributed by atoms with van der Waals surface area (Å²) >= 11 is 0. The van der Waals surface area contributed by atoms with Gasteiger partial charge in [0.15, 0.2) is 11.5 Å². The van der Waals surface area contributed by atoms with E-state index in [9.17, 15) is 8.42 Å². The summed E-state index contributed by atoms with van der Waals surface area (Å²) in [5, 5.41) is 1.12. The van der Waals surface area contributed by atoms with Gasteiger partial charge in [-0.2, -0.15) is 0 Å². The Labute approximate surface area is 170 Å². The average molecular weight is 411 g/mol. The predicted octanol–water partition coefficient (Wildman–Crippen LogP) is 4.91. The van der Waals surface area contributed by atoms with Crippen molar-refractivity contribution < 1.29 is 22.6 Å². The van der Waals surface area contributed by atoms with Crippen molar-refractivity contribution in [2.45, 2.75) is 0 Å². The molecule has 0 saturated heterocycles. The molecule has 0 amide bonds. The first-order valence-electron chi connectivity index (χ1n) is 8.75. The van der Waals surface area contributed by atoms with Gasteiger partial charge < -0.3 is 14.2 Å². The highest BCUT2D eigenvalue weighted by atomic mass is 32.2. The molecule has 3 aromatic rings. The molecule has 0 fully saturated rings. The maximum Gasteiger partial charge on any atom is 0.255 e. The third kappa shape index (κ3) is 5.76. The molecule has 29 heavy (non-hydrogen) atoms. The van der Waals surface area contributed by atoms with Gasteiger partial charge in [-0.05, 0) is 48.0 Å². The molecule has 0 unspecified atom stereocenters. The molecule has 150 valence electrons. The minimum atomic E-state index is -3.69. The highest BCUT2D eigenvalue weighted by Gasteiger charge is 2.11. The summed E-state index contributed by atoms with van der Waals surface area (Å²) < 4.78 is 43.6. The SMILES string of the molecule is COc1ccc(Oc2cc(NS(=O)(=O)/C=C/c3ccccc3)ccc2OC)cc1. The highest BCUT2D eigenvalue weighted by Crippen LogP contribution is 2.34. The molecule has 0 aliphatic heterocycles. The van der Waals surface area contributed by atoms with Crippen molar-refractivity contribution in [1.29, 1.82) is 0 Å². The quantitative estimate of drug-likeness (QED) is 0.570. The van der Waals surface area contributed by atoms with Crippen molar-refractivity contribution in [3.8, 4) is 23.0 Å². The molecule has 0 radical (unpaired) electrons. The Kier molecular flexibility index (Phi) is 6.41. The summed E-state index contributed by atoms with van der Waals surface area (Å²) in [7, 11) is -0.594. The van der Waals surface area contributed by atoms with Crippen LogP contribution in [0.3, 0.4) is 0 Å². The number of methoxy groups -OCH3 is 2. The van der Waals surface area contributed by atoms with E-state index in [1.54, 1.807) is 49.6 Å². The largest absolute Gasteiger partial charge is 0.497 e. The van der Waals surface area contributed by atoms with Gasteiger partial charge >= 0.3 is 0 Å². The van der Waals surface area contributed by atoms with E-state index in [4.69, 9.17) is 14.2 Å². The first-order valence-corrected chi connectivity index (χ1v) is 10.3. The van der Waals surface area contributed by atoms with Crippen LogP contribution in [0, 0.1) is 0 Å². The topological polar surface area (TPSA) is 73.9 Å². The second-order valence-corrected chi connectivity index (χ2v) is 7.57. The second kappa shape index (κ2) is 9.16. The fourth-order valence-corrected chi connectivity index (χ4v) is 3.38. The van der Waals surface area contributed by atoms with Gasteiger partial charge in [0.05, 0.1) is 25.3 Å². The van der Waals surface area contributed by atoms with E-state index in [-0.39, 0.29) is 0 Å². The van der Waals surface area contributed by atoms with Crippen LogP contribution in [0.4, 0.5) is 5.69 Å². The zero-order valence-corrected chi connectivity index (χ0v) is 16.8. The summed E-state index contributed by atoms with van der Waals surface area (Å²) in [6.07, 6.45) is 1.53. The van der Waals surface area contributed by atoms with Gasteiger partial charge in [-0.15, -0.1) is 0 Å². The summed E-state index contributed by atoms with van der Waals surface area (Å²) in [4.78, 5) is 0. The highest BCUT2D eigenvalue weighted by molar-refractivity contribution is 7.95. The Balaban J connectivity index is 1.79. The number of sulfonamides is 1. The standard InChI is InChI=1S/C22H21NO5S/c1-26-19-9-11-20(12-10-19)28-22-16-18(8-13-21(22)27-2)23-29(24,25)15-14-17-6-4-3-5-7-17/h3-16,23H,1-2H3/b15-14+. The number of anilines is 1. The monoisotopic (exact) mass is 411 g/mol. The minimum absolute atomic E-state index is 0.354. The summed E-state index contributed by atoms with van der Waals surface area (Å²) in [5.41, 5.74) is 1.14. The van der Waals surface area contributed by atoms with Crippen molar-refractivity contribution in [2.24, 2.45) is 0 Å². The summed E-state index contributed by atoms with van der Waals surface area (Å²) in [6.45, 7) is 0. The van der Waals surface area contributed by atoms with Crippen LogP contribution < -0.4 is 18.9 Å². The molecule has 0 aliphatic rings. The van der Waals surface area contributed by atoms with Crippen LogP contribution in [0.5, 0.6) is 23.0 Å². The van der Waals surface area contributed by atoms with Crippen LogP contribution in [0.1, 0.15) is 5.56 Å². The molecule has 1 N–H and O–H groups in total. The maximum atomic E-state index is 12.4.